The lowest BCUT2D eigenvalue weighted by molar-refractivity contribution is 0.491. The normalized spacial score (nSPS) is 12.8. The summed E-state index contributed by atoms with van der Waals surface area (Å²) in [6, 6.07) is 4.56. The summed E-state index contributed by atoms with van der Waals surface area (Å²) >= 11 is 8.00. The summed E-state index contributed by atoms with van der Waals surface area (Å²) in [5, 5.41) is 10.4. The van der Waals surface area contributed by atoms with Crippen molar-refractivity contribution in [3.8, 4) is 0 Å². The predicted octanol–water partition coefficient (Wildman–Crippen LogP) is 3.42. The van der Waals surface area contributed by atoms with Crippen molar-refractivity contribution in [2.45, 2.75) is 25.3 Å². The molecule has 0 aliphatic heterocycles. The molecule has 3 nitrogen and oxygen atoms in total. The largest absolute Gasteiger partial charge is 0.312 e. The molecule has 0 saturated carbocycles. The van der Waals surface area contributed by atoms with Crippen LogP contribution >= 0.6 is 22.9 Å². The van der Waals surface area contributed by atoms with Crippen LogP contribution in [-0.4, -0.2) is 16.8 Å². The third kappa shape index (κ3) is 3.13. The van der Waals surface area contributed by atoms with Gasteiger partial charge in [0.1, 0.15) is 0 Å². The van der Waals surface area contributed by atoms with Crippen molar-refractivity contribution in [3.05, 3.63) is 39.3 Å². The summed E-state index contributed by atoms with van der Waals surface area (Å²) in [4.78, 5) is 1.45. The zero-order valence-corrected chi connectivity index (χ0v) is 12.3. The van der Waals surface area contributed by atoms with Crippen molar-refractivity contribution < 1.29 is 0 Å². The van der Waals surface area contributed by atoms with E-state index < -0.39 is 0 Å². The van der Waals surface area contributed by atoms with Gasteiger partial charge in [-0.05, 0) is 37.8 Å². The fourth-order valence-electron chi connectivity index (χ4n) is 2.17. The molecule has 0 aliphatic carbocycles. The zero-order valence-electron chi connectivity index (χ0n) is 10.7. The molecule has 2 heterocycles. The minimum Gasteiger partial charge on any atom is -0.312 e. The second-order valence-electron chi connectivity index (χ2n) is 4.31. The van der Waals surface area contributed by atoms with Crippen LogP contribution in [0.4, 0.5) is 0 Å². The summed E-state index contributed by atoms with van der Waals surface area (Å²) in [7, 11) is 3.91. The average Bonchev–Trinajstić information content (AvgIpc) is 2.97. The van der Waals surface area contributed by atoms with Gasteiger partial charge in [0.05, 0.1) is 23.0 Å². The van der Waals surface area contributed by atoms with Crippen molar-refractivity contribution in [1.82, 2.24) is 15.1 Å². The van der Waals surface area contributed by atoms with E-state index in [0.717, 1.165) is 30.0 Å². The number of aryl methyl sites for hydroxylation is 2. The van der Waals surface area contributed by atoms with E-state index in [2.05, 4.69) is 27.9 Å². The molecule has 0 radical (unpaired) electrons. The number of nitrogens with one attached hydrogen (secondary N) is 1. The highest BCUT2D eigenvalue weighted by molar-refractivity contribution is 7.09. The molecule has 18 heavy (non-hydrogen) atoms. The van der Waals surface area contributed by atoms with Gasteiger partial charge in [0.15, 0.2) is 0 Å². The molecule has 0 saturated heterocycles. The van der Waals surface area contributed by atoms with Crippen LogP contribution in [0.1, 0.15) is 29.5 Å². The lowest BCUT2D eigenvalue weighted by Crippen LogP contribution is -2.20. The number of hydrogen-bond acceptors (Lipinski definition) is 3. The molecule has 5 heteroatoms. The fourth-order valence-corrected chi connectivity index (χ4v) is 3.21. The van der Waals surface area contributed by atoms with Gasteiger partial charge in [0, 0.05) is 11.9 Å². The molecule has 0 aromatic carbocycles. The Hall–Kier alpha value is -0.840. The number of halogens is 1. The smallest absolute Gasteiger partial charge is 0.0833 e. The monoisotopic (exact) mass is 283 g/mol. The Morgan fingerprint density at radius 1 is 1.56 bits per heavy atom. The molecule has 2 aromatic rings. The quantitative estimate of drug-likeness (QED) is 0.880. The Morgan fingerprint density at radius 2 is 2.39 bits per heavy atom. The van der Waals surface area contributed by atoms with Crippen molar-refractivity contribution in [1.29, 1.82) is 0 Å². The van der Waals surface area contributed by atoms with E-state index in [1.165, 1.54) is 4.88 Å². The Kier molecular flexibility index (Phi) is 4.80. The van der Waals surface area contributed by atoms with Gasteiger partial charge in [0.2, 0.25) is 0 Å². The maximum atomic E-state index is 6.18. The van der Waals surface area contributed by atoms with E-state index in [4.69, 9.17) is 11.6 Å². The van der Waals surface area contributed by atoms with Gasteiger partial charge >= 0.3 is 0 Å². The van der Waals surface area contributed by atoms with Crippen LogP contribution in [-0.2, 0) is 13.5 Å². The van der Waals surface area contributed by atoms with Crippen molar-refractivity contribution in [2.24, 2.45) is 7.05 Å². The van der Waals surface area contributed by atoms with Crippen LogP contribution < -0.4 is 5.32 Å². The van der Waals surface area contributed by atoms with Crippen LogP contribution in [0.25, 0.3) is 0 Å². The number of rotatable bonds is 6. The van der Waals surface area contributed by atoms with E-state index in [1.54, 1.807) is 6.20 Å². The summed E-state index contributed by atoms with van der Waals surface area (Å²) in [5.74, 6) is 0. The van der Waals surface area contributed by atoms with Gasteiger partial charge in [-0.25, -0.2) is 0 Å². The topological polar surface area (TPSA) is 29.9 Å². The van der Waals surface area contributed by atoms with Gasteiger partial charge in [-0.3, -0.25) is 4.68 Å². The third-order valence-electron chi connectivity index (χ3n) is 3.11. The van der Waals surface area contributed by atoms with Crippen LogP contribution in [0.15, 0.2) is 23.7 Å². The first-order valence-corrected chi connectivity index (χ1v) is 7.35. The first-order valence-electron chi connectivity index (χ1n) is 6.09. The minimum absolute atomic E-state index is 0.268. The lowest BCUT2D eigenvalue weighted by Gasteiger charge is -2.16. The van der Waals surface area contributed by atoms with Crippen molar-refractivity contribution >= 4 is 22.9 Å². The Bertz CT molecular complexity index is 459. The van der Waals surface area contributed by atoms with E-state index in [1.807, 2.05) is 30.1 Å². The number of nitrogens with zero attached hydrogens (tertiary/aromatic N) is 2. The highest BCUT2D eigenvalue weighted by Crippen LogP contribution is 2.26. The van der Waals surface area contributed by atoms with Crippen LogP contribution in [0, 0.1) is 0 Å². The Labute approximate surface area is 117 Å². The third-order valence-corrected chi connectivity index (χ3v) is 4.34. The first kappa shape index (κ1) is 13.6. The molecule has 98 valence electrons. The summed E-state index contributed by atoms with van der Waals surface area (Å²) in [5.41, 5.74) is 1.07. The second-order valence-corrected chi connectivity index (χ2v) is 5.75. The molecule has 0 amide bonds. The molecular weight excluding hydrogens is 266 g/mol. The molecule has 0 bridgehead atoms. The highest BCUT2D eigenvalue weighted by Gasteiger charge is 2.17. The van der Waals surface area contributed by atoms with Gasteiger partial charge in [-0.15, -0.1) is 11.3 Å². The van der Waals surface area contributed by atoms with Gasteiger partial charge in [0.25, 0.3) is 0 Å². The summed E-state index contributed by atoms with van der Waals surface area (Å²) < 4.78 is 1.86. The second kappa shape index (κ2) is 6.36. The van der Waals surface area contributed by atoms with Gasteiger partial charge in [-0.1, -0.05) is 17.7 Å². The van der Waals surface area contributed by atoms with Crippen molar-refractivity contribution in [3.63, 3.8) is 0 Å². The summed E-state index contributed by atoms with van der Waals surface area (Å²) in [6.07, 6.45) is 5.05. The van der Waals surface area contributed by atoms with E-state index in [0.29, 0.717) is 0 Å². The molecular formula is C13H18ClN3S. The predicted molar refractivity (Wildman–Crippen MR) is 77.3 cm³/mol. The number of aromatic nitrogens is 2. The minimum atomic E-state index is 0.268. The molecule has 1 unspecified atom stereocenters. The SMILES string of the molecule is CNC(CCCc1cccs1)c1c(Cl)cnn1C. The molecule has 1 N–H and O–H groups in total. The summed E-state index contributed by atoms with van der Waals surface area (Å²) in [6.45, 7) is 0. The molecule has 0 fully saturated rings. The van der Waals surface area contributed by atoms with Gasteiger partial charge in [-0.2, -0.15) is 5.10 Å². The Morgan fingerprint density at radius 3 is 2.94 bits per heavy atom. The van der Waals surface area contributed by atoms with Crippen LogP contribution in [0.3, 0.4) is 0 Å². The molecule has 1 atom stereocenters. The number of thiophene rings is 1. The standard InChI is InChI=1S/C13H18ClN3S/c1-15-12(13-11(14)9-16-17(13)2)7-3-5-10-6-4-8-18-10/h4,6,8-9,12,15H,3,5,7H2,1-2H3. The zero-order chi connectivity index (χ0) is 13.0. The van der Waals surface area contributed by atoms with Crippen molar-refractivity contribution in [2.75, 3.05) is 7.05 Å². The van der Waals surface area contributed by atoms with Crippen LogP contribution in [0.2, 0.25) is 5.02 Å². The van der Waals surface area contributed by atoms with Gasteiger partial charge < -0.3 is 5.32 Å². The Balaban J connectivity index is 1.93. The van der Waals surface area contributed by atoms with Crippen LogP contribution in [0.5, 0.6) is 0 Å². The molecule has 0 aliphatic rings. The first-order chi connectivity index (χ1) is 8.72. The lowest BCUT2D eigenvalue weighted by atomic mass is 10.1. The number of hydrogen-bond donors (Lipinski definition) is 1. The highest BCUT2D eigenvalue weighted by atomic mass is 35.5. The maximum Gasteiger partial charge on any atom is 0.0833 e. The van der Waals surface area contributed by atoms with E-state index in [-0.39, 0.29) is 6.04 Å². The maximum absolute atomic E-state index is 6.18. The molecule has 2 aromatic heterocycles. The average molecular weight is 284 g/mol. The molecule has 2 rings (SSSR count). The van der Waals surface area contributed by atoms with E-state index >= 15 is 0 Å². The fraction of sp³-hybridized carbons (Fsp3) is 0.462. The van der Waals surface area contributed by atoms with E-state index in [9.17, 15) is 0 Å². The molecule has 0 spiro atoms.